The van der Waals surface area contributed by atoms with Crippen LogP contribution in [-0.4, -0.2) is 4.98 Å². The van der Waals surface area contributed by atoms with Gasteiger partial charge in [0, 0.05) is 10.9 Å². The first-order valence-corrected chi connectivity index (χ1v) is 11.6. The Morgan fingerprint density at radius 3 is 1.67 bits per heavy atom. The normalized spacial score (nSPS) is 11.2. The maximum atomic E-state index is 9.76. The molecule has 0 aliphatic heterocycles. The fourth-order valence-corrected chi connectivity index (χ4v) is 4.50. The van der Waals surface area contributed by atoms with Gasteiger partial charge in [-0.25, -0.2) is 4.98 Å². The molecule has 1 heterocycles. The van der Waals surface area contributed by atoms with Crippen molar-refractivity contribution in [3.05, 3.63) is 125 Å². The predicted octanol–water partition coefficient (Wildman–Crippen LogP) is 8.21. The zero-order valence-corrected chi connectivity index (χ0v) is 18.7. The SMILES string of the molecule is N#CC(=Cc1ccc(-c2ccccc2)cc1)c1nc(-c2ccc(-c3ccccc3)cc2)cs1. The molecule has 3 heteroatoms. The Balaban J connectivity index is 1.37. The van der Waals surface area contributed by atoms with Crippen LogP contribution in [0.2, 0.25) is 0 Å². The third-order valence-corrected chi connectivity index (χ3v) is 6.35. The van der Waals surface area contributed by atoms with Gasteiger partial charge in [0.1, 0.15) is 11.1 Å². The lowest BCUT2D eigenvalue weighted by molar-refractivity contribution is 1.37. The molecule has 0 saturated carbocycles. The molecular weight excluding hydrogens is 420 g/mol. The predicted molar refractivity (Wildman–Crippen MR) is 138 cm³/mol. The minimum atomic E-state index is 0.569. The molecule has 33 heavy (non-hydrogen) atoms. The van der Waals surface area contributed by atoms with Crippen LogP contribution in [0.4, 0.5) is 0 Å². The molecule has 0 radical (unpaired) electrons. The third kappa shape index (κ3) is 4.67. The van der Waals surface area contributed by atoms with Crippen molar-refractivity contribution in [3.8, 4) is 39.6 Å². The fourth-order valence-electron chi connectivity index (χ4n) is 3.70. The molecule has 0 atom stereocenters. The first kappa shape index (κ1) is 20.6. The molecule has 4 aromatic carbocycles. The average molecular weight is 441 g/mol. The summed E-state index contributed by atoms with van der Waals surface area (Å²) in [4.78, 5) is 4.74. The van der Waals surface area contributed by atoms with Crippen molar-refractivity contribution < 1.29 is 0 Å². The Bertz CT molecular complexity index is 1420. The van der Waals surface area contributed by atoms with Crippen LogP contribution in [0.5, 0.6) is 0 Å². The third-order valence-electron chi connectivity index (χ3n) is 5.47. The number of allylic oxidation sites excluding steroid dienone is 1. The monoisotopic (exact) mass is 440 g/mol. The smallest absolute Gasteiger partial charge is 0.134 e. The summed E-state index contributed by atoms with van der Waals surface area (Å²) in [5.41, 5.74) is 8.17. The van der Waals surface area contributed by atoms with Crippen molar-refractivity contribution in [3.63, 3.8) is 0 Å². The van der Waals surface area contributed by atoms with Crippen LogP contribution in [-0.2, 0) is 0 Å². The highest BCUT2D eigenvalue weighted by Crippen LogP contribution is 2.29. The van der Waals surface area contributed by atoms with Gasteiger partial charge >= 0.3 is 0 Å². The maximum absolute atomic E-state index is 9.76. The molecule has 0 aliphatic rings. The van der Waals surface area contributed by atoms with Gasteiger partial charge in [-0.3, -0.25) is 0 Å². The first-order chi connectivity index (χ1) is 16.3. The standard InChI is InChI=1S/C30H20N2S/c31-20-28(19-22-11-13-25(14-12-22)23-7-3-1-4-8-23)30-32-29(21-33-30)27-17-15-26(16-18-27)24-9-5-2-6-10-24/h1-19,21H. The minimum Gasteiger partial charge on any atom is -0.235 e. The number of nitriles is 1. The van der Waals surface area contributed by atoms with Gasteiger partial charge in [-0.05, 0) is 33.9 Å². The summed E-state index contributed by atoms with van der Waals surface area (Å²) in [5, 5.41) is 12.5. The summed E-state index contributed by atoms with van der Waals surface area (Å²) >= 11 is 1.50. The lowest BCUT2D eigenvalue weighted by Gasteiger charge is -2.03. The molecule has 156 valence electrons. The van der Waals surface area contributed by atoms with Gasteiger partial charge in [0.15, 0.2) is 0 Å². The van der Waals surface area contributed by atoms with Crippen molar-refractivity contribution >= 4 is 23.0 Å². The van der Waals surface area contributed by atoms with E-state index < -0.39 is 0 Å². The topological polar surface area (TPSA) is 36.7 Å². The largest absolute Gasteiger partial charge is 0.235 e. The van der Waals surface area contributed by atoms with Crippen molar-refractivity contribution in [1.82, 2.24) is 4.98 Å². The van der Waals surface area contributed by atoms with Gasteiger partial charge in [0.2, 0.25) is 0 Å². The minimum absolute atomic E-state index is 0.569. The van der Waals surface area contributed by atoms with Crippen molar-refractivity contribution in [2.45, 2.75) is 0 Å². The van der Waals surface area contributed by atoms with Gasteiger partial charge < -0.3 is 0 Å². The van der Waals surface area contributed by atoms with E-state index in [1.54, 1.807) is 0 Å². The second kappa shape index (κ2) is 9.48. The van der Waals surface area contributed by atoms with Gasteiger partial charge in [-0.1, -0.05) is 109 Å². The number of thiazole rings is 1. The van der Waals surface area contributed by atoms with E-state index >= 15 is 0 Å². The number of nitrogens with zero attached hydrogens (tertiary/aromatic N) is 2. The highest BCUT2D eigenvalue weighted by molar-refractivity contribution is 7.11. The molecule has 0 unspecified atom stereocenters. The number of rotatable bonds is 5. The quantitative estimate of drug-likeness (QED) is 0.258. The molecule has 0 saturated heterocycles. The fraction of sp³-hybridized carbons (Fsp3) is 0. The number of hydrogen-bond donors (Lipinski definition) is 0. The zero-order chi connectivity index (χ0) is 22.5. The molecule has 5 aromatic rings. The molecule has 0 spiro atoms. The van der Waals surface area contributed by atoms with Crippen molar-refractivity contribution in [2.24, 2.45) is 0 Å². The Kier molecular flexibility index (Phi) is 5.93. The lowest BCUT2D eigenvalue weighted by atomic mass is 10.0. The molecule has 0 fully saturated rings. The number of hydrogen-bond acceptors (Lipinski definition) is 3. The van der Waals surface area contributed by atoms with E-state index in [0.29, 0.717) is 5.57 Å². The molecule has 0 bridgehead atoms. The molecule has 0 aliphatic carbocycles. The molecular formula is C30H20N2S. The summed E-state index contributed by atoms with van der Waals surface area (Å²) in [6, 6.07) is 39.5. The number of aromatic nitrogens is 1. The maximum Gasteiger partial charge on any atom is 0.134 e. The highest BCUT2D eigenvalue weighted by Gasteiger charge is 2.10. The zero-order valence-electron chi connectivity index (χ0n) is 17.8. The van der Waals surface area contributed by atoms with Crippen LogP contribution < -0.4 is 0 Å². The van der Waals surface area contributed by atoms with Crippen LogP contribution in [0, 0.1) is 11.3 Å². The highest BCUT2D eigenvalue weighted by atomic mass is 32.1. The van der Waals surface area contributed by atoms with E-state index in [1.807, 2.05) is 60.0 Å². The van der Waals surface area contributed by atoms with Crippen molar-refractivity contribution in [2.75, 3.05) is 0 Å². The lowest BCUT2D eigenvalue weighted by Crippen LogP contribution is -1.84. The molecule has 0 N–H and O–H groups in total. The van der Waals surface area contributed by atoms with Gasteiger partial charge in [0.05, 0.1) is 11.3 Å². The Morgan fingerprint density at radius 2 is 1.12 bits per heavy atom. The van der Waals surface area contributed by atoms with E-state index in [0.717, 1.165) is 27.4 Å². The summed E-state index contributed by atoms with van der Waals surface area (Å²) in [5.74, 6) is 0. The molecule has 2 nitrogen and oxygen atoms in total. The summed E-state index contributed by atoms with van der Waals surface area (Å²) in [6.07, 6.45) is 1.90. The second-order valence-electron chi connectivity index (χ2n) is 7.64. The van der Waals surface area contributed by atoms with E-state index in [2.05, 4.69) is 66.7 Å². The average Bonchev–Trinajstić information content (AvgIpc) is 3.39. The van der Waals surface area contributed by atoms with E-state index in [4.69, 9.17) is 4.98 Å². The first-order valence-electron chi connectivity index (χ1n) is 10.7. The van der Waals surface area contributed by atoms with Crippen LogP contribution >= 0.6 is 11.3 Å². The summed E-state index contributed by atoms with van der Waals surface area (Å²) in [7, 11) is 0. The van der Waals surface area contributed by atoms with E-state index in [-0.39, 0.29) is 0 Å². The van der Waals surface area contributed by atoms with Crippen LogP contribution in [0.1, 0.15) is 10.6 Å². The van der Waals surface area contributed by atoms with Gasteiger partial charge in [-0.2, -0.15) is 5.26 Å². The van der Waals surface area contributed by atoms with E-state index in [1.165, 1.54) is 28.0 Å². The van der Waals surface area contributed by atoms with E-state index in [9.17, 15) is 5.26 Å². The van der Waals surface area contributed by atoms with Crippen LogP contribution in [0.15, 0.2) is 115 Å². The molecule has 5 rings (SSSR count). The second-order valence-corrected chi connectivity index (χ2v) is 8.50. The Hall–Kier alpha value is -4.26. The Labute approximate surface area is 197 Å². The van der Waals surface area contributed by atoms with Crippen LogP contribution in [0.3, 0.4) is 0 Å². The summed E-state index contributed by atoms with van der Waals surface area (Å²) in [6.45, 7) is 0. The summed E-state index contributed by atoms with van der Waals surface area (Å²) < 4.78 is 0. The van der Waals surface area contributed by atoms with Gasteiger partial charge in [0.25, 0.3) is 0 Å². The number of benzene rings is 4. The Morgan fingerprint density at radius 1 is 0.636 bits per heavy atom. The van der Waals surface area contributed by atoms with Crippen molar-refractivity contribution in [1.29, 1.82) is 5.26 Å². The molecule has 0 amide bonds. The van der Waals surface area contributed by atoms with Crippen LogP contribution in [0.25, 0.3) is 45.2 Å². The van der Waals surface area contributed by atoms with Gasteiger partial charge in [-0.15, -0.1) is 11.3 Å². The molecule has 1 aromatic heterocycles.